The first-order valence-electron chi connectivity index (χ1n) is 10.5. The minimum atomic E-state index is -3.28. The van der Waals surface area contributed by atoms with Crippen molar-refractivity contribution in [3.63, 3.8) is 0 Å². The summed E-state index contributed by atoms with van der Waals surface area (Å²) in [5.74, 6) is -0.0252. The number of hydrogen-bond donors (Lipinski definition) is 3. The Morgan fingerprint density at radius 1 is 1.19 bits per heavy atom. The third kappa shape index (κ3) is 5.06. The molecule has 0 bridgehead atoms. The van der Waals surface area contributed by atoms with Gasteiger partial charge in [-0.15, -0.1) is 11.3 Å². The number of anilines is 1. The minimum absolute atomic E-state index is 0.275. The summed E-state index contributed by atoms with van der Waals surface area (Å²) < 4.78 is 24.9. The van der Waals surface area contributed by atoms with Gasteiger partial charge in [-0.1, -0.05) is 31.1 Å². The van der Waals surface area contributed by atoms with Crippen molar-refractivity contribution in [1.82, 2.24) is 4.98 Å². The van der Waals surface area contributed by atoms with Crippen molar-refractivity contribution in [2.24, 2.45) is 5.92 Å². The summed E-state index contributed by atoms with van der Waals surface area (Å²) in [6.07, 6.45) is 6.61. The third-order valence-electron chi connectivity index (χ3n) is 5.76. The molecule has 0 radical (unpaired) electrons. The number of benzene rings is 1. The van der Waals surface area contributed by atoms with Gasteiger partial charge >= 0.3 is 0 Å². The van der Waals surface area contributed by atoms with Crippen LogP contribution in [0.1, 0.15) is 55.9 Å². The molecule has 4 rings (SSSR count). The lowest BCUT2D eigenvalue weighted by Gasteiger charge is -2.12. The lowest BCUT2D eigenvalue weighted by atomic mass is 9.98. The van der Waals surface area contributed by atoms with E-state index in [4.69, 9.17) is 5.11 Å². The molecule has 3 N–H and O–H groups in total. The van der Waals surface area contributed by atoms with Crippen LogP contribution >= 0.6 is 11.3 Å². The number of aliphatic hydroxyl groups is 2. The summed E-state index contributed by atoms with van der Waals surface area (Å²) in [5, 5.41) is 23.2. The van der Waals surface area contributed by atoms with Gasteiger partial charge in [0, 0.05) is 11.0 Å². The zero-order valence-corrected chi connectivity index (χ0v) is 18.7. The van der Waals surface area contributed by atoms with E-state index in [1.807, 2.05) is 6.08 Å². The Morgan fingerprint density at radius 2 is 1.87 bits per heavy atom. The first-order chi connectivity index (χ1) is 14.9. The van der Waals surface area contributed by atoms with Gasteiger partial charge in [-0.2, -0.15) is 0 Å². The summed E-state index contributed by atoms with van der Waals surface area (Å²) in [5.41, 5.74) is 1.45. The van der Waals surface area contributed by atoms with Crippen LogP contribution in [0.4, 0.5) is 5.13 Å². The van der Waals surface area contributed by atoms with Crippen LogP contribution in [0.5, 0.6) is 0 Å². The highest BCUT2D eigenvalue weighted by Crippen LogP contribution is 2.35. The average molecular weight is 463 g/mol. The van der Waals surface area contributed by atoms with E-state index in [0.29, 0.717) is 45.6 Å². The van der Waals surface area contributed by atoms with Gasteiger partial charge in [-0.05, 0) is 49.3 Å². The Kier molecular flexibility index (Phi) is 6.57. The molecule has 0 saturated heterocycles. The molecular formula is C22H26N2O5S2. The largest absolute Gasteiger partial charge is 0.393 e. The van der Waals surface area contributed by atoms with Crippen molar-refractivity contribution >= 4 is 37.8 Å². The van der Waals surface area contributed by atoms with Crippen LogP contribution in [0.2, 0.25) is 0 Å². The van der Waals surface area contributed by atoms with Crippen LogP contribution in [0.3, 0.4) is 0 Å². The van der Waals surface area contributed by atoms with Crippen LogP contribution in [-0.4, -0.2) is 41.4 Å². The van der Waals surface area contributed by atoms with E-state index in [0.717, 1.165) is 25.7 Å². The fraction of sp³-hybridized carbons (Fsp3) is 0.455. The summed E-state index contributed by atoms with van der Waals surface area (Å²) in [6, 6.07) is 6.55. The second-order valence-corrected chi connectivity index (χ2v) is 11.2. The smallest absolute Gasteiger partial charge is 0.257 e. The SMILES string of the molecule is O=C(Nc1nc([C@H](O)CO)cs1)/C(=C/C1CCCC1)c1ccc(S(=O)(=O)C2CC2)cc1. The van der Waals surface area contributed by atoms with Gasteiger partial charge in [0.2, 0.25) is 0 Å². The first kappa shape index (κ1) is 22.1. The molecule has 9 heteroatoms. The van der Waals surface area contributed by atoms with Gasteiger partial charge in [0.15, 0.2) is 15.0 Å². The van der Waals surface area contributed by atoms with Crippen LogP contribution in [0.15, 0.2) is 40.6 Å². The summed E-state index contributed by atoms with van der Waals surface area (Å²) in [4.78, 5) is 17.6. The van der Waals surface area contributed by atoms with E-state index in [1.54, 1.807) is 29.6 Å². The van der Waals surface area contributed by atoms with Crippen LogP contribution in [0, 0.1) is 5.92 Å². The van der Waals surface area contributed by atoms with Gasteiger partial charge in [0.1, 0.15) is 6.10 Å². The first-order valence-corrected chi connectivity index (χ1v) is 12.9. The molecule has 2 saturated carbocycles. The molecule has 1 atom stereocenters. The normalized spacial score (nSPS) is 18.8. The quantitative estimate of drug-likeness (QED) is 0.518. The van der Waals surface area contributed by atoms with E-state index < -0.39 is 22.5 Å². The highest BCUT2D eigenvalue weighted by molar-refractivity contribution is 7.92. The van der Waals surface area contributed by atoms with Crippen molar-refractivity contribution in [3.05, 3.63) is 47.0 Å². The van der Waals surface area contributed by atoms with Crippen molar-refractivity contribution in [1.29, 1.82) is 0 Å². The second-order valence-electron chi connectivity index (χ2n) is 8.12. The Morgan fingerprint density at radius 3 is 2.48 bits per heavy atom. The topological polar surface area (TPSA) is 117 Å². The highest BCUT2D eigenvalue weighted by atomic mass is 32.2. The minimum Gasteiger partial charge on any atom is -0.393 e. The van der Waals surface area contributed by atoms with Crippen molar-refractivity contribution in [2.75, 3.05) is 11.9 Å². The molecule has 2 aromatic rings. The molecule has 1 amide bonds. The molecule has 166 valence electrons. The number of carbonyl (C=O) groups excluding carboxylic acids is 1. The summed E-state index contributed by atoms with van der Waals surface area (Å²) in [6.45, 7) is -0.444. The molecule has 2 aliphatic rings. The summed E-state index contributed by atoms with van der Waals surface area (Å²) >= 11 is 1.17. The van der Waals surface area contributed by atoms with E-state index in [9.17, 15) is 18.3 Å². The lowest BCUT2D eigenvalue weighted by Crippen LogP contribution is -2.15. The fourth-order valence-electron chi connectivity index (χ4n) is 3.81. The lowest BCUT2D eigenvalue weighted by molar-refractivity contribution is -0.111. The fourth-order valence-corrected chi connectivity index (χ4v) is 6.22. The molecule has 31 heavy (non-hydrogen) atoms. The van der Waals surface area contributed by atoms with Crippen LogP contribution < -0.4 is 5.32 Å². The number of nitrogens with zero attached hydrogens (tertiary/aromatic N) is 1. The predicted molar refractivity (Wildman–Crippen MR) is 119 cm³/mol. The number of carbonyl (C=O) groups is 1. The third-order valence-corrected chi connectivity index (χ3v) is 8.81. The molecule has 0 spiro atoms. The Bertz CT molecular complexity index is 1070. The monoisotopic (exact) mass is 462 g/mol. The van der Waals surface area contributed by atoms with Gasteiger partial charge in [0.25, 0.3) is 5.91 Å². The number of rotatable bonds is 8. The van der Waals surface area contributed by atoms with Crippen LogP contribution in [-0.2, 0) is 14.6 Å². The van der Waals surface area contributed by atoms with Gasteiger partial charge < -0.3 is 10.2 Å². The molecule has 0 aliphatic heterocycles. The van der Waals surface area contributed by atoms with Crippen molar-refractivity contribution in [3.8, 4) is 0 Å². The average Bonchev–Trinajstić information content (AvgIpc) is 3.33. The molecule has 1 aromatic carbocycles. The number of nitrogens with one attached hydrogen (secondary N) is 1. The predicted octanol–water partition coefficient (Wildman–Crippen LogP) is 3.32. The Balaban J connectivity index is 1.58. The number of aliphatic hydroxyl groups excluding tert-OH is 2. The molecular weight excluding hydrogens is 436 g/mol. The second kappa shape index (κ2) is 9.20. The number of thiazole rings is 1. The molecule has 1 aromatic heterocycles. The zero-order chi connectivity index (χ0) is 22.0. The maximum atomic E-state index is 13.1. The number of sulfone groups is 1. The Labute approximate surface area is 185 Å². The van der Waals surface area contributed by atoms with Crippen molar-refractivity contribution in [2.45, 2.75) is 54.8 Å². The molecule has 2 fully saturated rings. The van der Waals surface area contributed by atoms with E-state index in [-0.39, 0.29) is 11.2 Å². The van der Waals surface area contributed by atoms with E-state index in [2.05, 4.69) is 10.3 Å². The molecule has 0 unspecified atom stereocenters. The van der Waals surface area contributed by atoms with E-state index in [1.165, 1.54) is 11.3 Å². The standard InChI is InChI=1S/C22H26N2O5S2/c25-12-20(26)19-13-30-22(23-19)24-21(27)18(11-14-3-1-2-4-14)15-5-7-16(8-6-15)31(28,29)17-9-10-17/h5-8,11,13-14,17,20,25-26H,1-4,9-10,12H2,(H,23,24,27)/b18-11+/t20-/m1/s1. The molecule has 2 aliphatic carbocycles. The van der Waals surface area contributed by atoms with E-state index >= 15 is 0 Å². The highest BCUT2D eigenvalue weighted by Gasteiger charge is 2.36. The van der Waals surface area contributed by atoms with Gasteiger partial charge in [0.05, 0.1) is 22.4 Å². The molecule has 1 heterocycles. The number of amides is 1. The maximum absolute atomic E-state index is 13.1. The number of hydrogen-bond acceptors (Lipinski definition) is 7. The van der Waals surface area contributed by atoms with Gasteiger partial charge in [-0.25, -0.2) is 13.4 Å². The number of aromatic nitrogens is 1. The maximum Gasteiger partial charge on any atom is 0.257 e. The summed E-state index contributed by atoms with van der Waals surface area (Å²) in [7, 11) is -3.28. The van der Waals surface area contributed by atoms with Crippen molar-refractivity contribution < 1.29 is 23.4 Å². The van der Waals surface area contributed by atoms with Gasteiger partial charge in [-0.3, -0.25) is 10.1 Å². The zero-order valence-electron chi connectivity index (χ0n) is 17.0. The molecule has 7 nitrogen and oxygen atoms in total. The number of allylic oxidation sites excluding steroid dienone is 1. The Hall–Kier alpha value is -2.07. The van der Waals surface area contributed by atoms with Crippen LogP contribution in [0.25, 0.3) is 5.57 Å².